The van der Waals surface area contributed by atoms with Crippen LogP contribution in [0.3, 0.4) is 0 Å². The highest BCUT2D eigenvalue weighted by atomic mass is 16.5. The van der Waals surface area contributed by atoms with Gasteiger partial charge in [0.25, 0.3) is 5.89 Å². The summed E-state index contributed by atoms with van der Waals surface area (Å²) >= 11 is 0. The number of anilines is 1. The van der Waals surface area contributed by atoms with E-state index in [1.54, 1.807) is 0 Å². The minimum Gasteiger partial charge on any atom is -0.384 e. The molecule has 1 aliphatic heterocycles. The lowest BCUT2D eigenvalue weighted by Crippen LogP contribution is -2.15. The molecule has 1 aromatic carbocycles. The van der Waals surface area contributed by atoms with E-state index in [4.69, 9.17) is 4.52 Å². The zero-order valence-corrected chi connectivity index (χ0v) is 11.3. The second-order valence-electron chi connectivity index (χ2n) is 5.12. The van der Waals surface area contributed by atoms with Gasteiger partial charge in [0.1, 0.15) is 0 Å². The first-order chi connectivity index (χ1) is 9.22. The van der Waals surface area contributed by atoms with Crippen LogP contribution in [0.25, 0.3) is 11.5 Å². The molecule has 1 N–H and O–H groups in total. The van der Waals surface area contributed by atoms with Crippen molar-refractivity contribution >= 4 is 5.69 Å². The van der Waals surface area contributed by atoms with Crippen molar-refractivity contribution in [3.63, 3.8) is 0 Å². The normalized spacial score (nSPS) is 13.6. The van der Waals surface area contributed by atoms with E-state index in [0.29, 0.717) is 5.89 Å². The summed E-state index contributed by atoms with van der Waals surface area (Å²) in [4.78, 5) is 6.56. The number of hydrogen-bond donors (Lipinski definition) is 1. The van der Waals surface area contributed by atoms with Gasteiger partial charge in [-0.05, 0) is 44.3 Å². The number of fused-ring (bicyclic) bond motifs is 1. The molecular weight excluding hydrogens is 240 g/mol. The van der Waals surface area contributed by atoms with E-state index in [-0.39, 0.29) is 0 Å². The molecule has 19 heavy (non-hydrogen) atoms. The van der Waals surface area contributed by atoms with Crippen LogP contribution in [0.15, 0.2) is 22.7 Å². The van der Waals surface area contributed by atoms with Gasteiger partial charge < -0.3 is 14.7 Å². The van der Waals surface area contributed by atoms with Gasteiger partial charge in [-0.25, -0.2) is 0 Å². The summed E-state index contributed by atoms with van der Waals surface area (Å²) < 4.78 is 5.34. The Morgan fingerprint density at radius 2 is 2.26 bits per heavy atom. The van der Waals surface area contributed by atoms with Crippen molar-refractivity contribution in [1.82, 2.24) is 15.0 Å². The fourth-order valence-electron chi connectivity index (χ4n) is 2.23. The lowest BCUT2D eigenvalue weighted by molar-refractivity contribution is 0.392. The standard InChI is InChI=1S/C14H18N4O/c1-18(2)8-6-13-16-14(19-17-13)11-3-4-12-10(9-11)5-7-15-12/h3-4,9,15H,5-8H2,1-2H3. The molecule has 0 amide bonds. The Morgan fingerprint density at radius 3 is 3.11 bits per heavy atom. The van der Waals surface area contributed by atoms with Crippen LogP contribution in [-0.2, 0) is 12.8 Å². The predicted octanol–water partition coefficient (Wildman–Crippen LogP) is 1.81. The number of benzene rings is 1. The van der Waals surface area contributed by atoms with E-state index >= 15 is 0 Å². The molecule has 0 saturated carbocycles. The van der Waals surface area contributed by atoms with Gasteiger partial charge in [0.05, 0.1) is 0 Å². The third kappa shape index (κ3) is 2.61. The Bertz CT molecular complexity index is 577. The average Bonchev–Trinajstić information content (AvgIpc) is 3.04. The summed E-state index contributed by atoms with van der Waals surface area (Å²) in [6, 6.07) is 6.25. The second-order valence-corrected chi connectivity index (χ2v) is 5.12. The van der Waals surface area contributed by atoms with E-state index in [0.717, 1.165) is 37.3 Å². The maximum Gasteiger partial charge on any atom is 0.257 e. The monoisotopic (exact) mass is 258 g/mol. The second kappa shape index (κ2) is 5.01. The number of rotatable bonds is 4. The molecule has 100 valence electrons. The maximum absolute atomic E-state index is 5.34. The van der Waals surface area contributed by atoms with Crippen LogP contribution in [0, 0.1) is 0 Å². The first-order valence-corrected chi connectivity index (χ1v) is 6.57. The molecule has 2 heterocycles. The number of nitrogens with zero attached hydrogens (tertiary/aromatic N) is 3. The van der Waals surface area contributed by atoms with Crippen molar-refractivity contribution in [1.29, 1.82) is 0 Å². The van der Waals surface area contributed by atoms with Gasteiger partial charge in [-0.15, -0.1) is 0 Å². The van der Waals surface area contributed by atoms with Crippen molar-refractivity contribution in [3.05, 3.63) is 29.6 Å². The number of hydrogen-bond acceptors (Lipinski definition) is 5. The number of nitrogens with one attached hydrogen (secondary N) is 1. The van der Waals surface area contributed by atoms with Crippen LogP contribution in [0.4, 0.5) is 5.69 Å². The van der Waals surface area contributed by atoms with Gasteiger partial charge in [-0.1, -0.05) is 5.16 Å². The smallest absolute Gasteiger partial charge is 0.257 e. The largest absolute Gasteiger partial charge is 0.384 e. The summed E-state index contributed by atoms with van der Waals surface area (Å²) in [6.45, 7) is 1.93. The average molecular weight is 258 g/mol. The number of aromatic nitrogens is 2. The van der Waals surface area contributed by atoms with E-state index in [1.807, 2.05) is 20.2 Å². The SMILES string of the molecule is CN(C)CCc1noc(-c2ccc3c(c2)CCN3)n1. The quantitative estimate of drug-likeness (QED) is 0.906. The van der Waals surface area contributed by atoms with Crippen molar-refractivity contribution < 1.29 is 4.52 Å². The third-order valence-electron chi connectivity index (χ3n) is 3.31. The molecule has 0 bridgehead atoms. The highest BCUT2D eigenvalue weighted by Crippen LogP contribution is 2.27. The zero-order chi connectivity index (χ0) is 13.2. The first-order valence-electron chi connectivity index (χ1n) is 6.57. The molecule has 3 rings (SSSR count). The Kier molecular flexibility index (Phi) is 3.21. The minimum absolute atomic E-state index is 0.614. The van der Waals surface area contributed by atoms with Gasteiger partial charge in [-0.2, -0.15) is 4.98 Å². The van der Waals surface area contributed by atoms with Gasteiger partial charge >= 0.3 is 0 Å². The molecule has 0 fully saturated rings. The van der Waals surface area contributed by atoms with Gasteiger partial charge in [0, 0.05) is 30.8 Å². The molecule has 0 atom stereocenters. The molecule has 0 unspecified atom stereocenters. The van der Waals surface area contributed by atoms with Crippen LogP contribution in [0.1, 0.15) is 11.4 Å². The van der Waals surface area contributed by atoms with Crippen LogP contribution < -0.4 is 5.32 Å². The lowest BCUT2D eigenvalue weighted by Gasteiger charge is -2.05. The molecule has 2 aromatic rings. The van der Waals surface area contributed by atoms with Gasteiger partial charge in [-0.3, -0.25) is 0 Å². The van der Waals surface area contributed by atoms with Crippen LogP contribution >= 0.6 is 0 Å². The van der Waals surface area contributed by atoms with E-state index < -0.39 is 0 Å². The maximum atomic E-state index is 5.34. The van der Waals surface area contributed by atoms with Crippen LogP contribution in [0.5, 0.6) is 0 Å². The molecular formula is C14H18N4O. The van der Waals surface area contributed by atoms with Crippen molar-refractivity contribution in [3.8, 4) is 11.5 Å². The molecule has 1 aromatic heterocycles. The van der Waals surface area contributed by atoms with Gasteiger partial charge in [0.15, 0.2) is 5.82 Å². The van der Waals surface area contributed by atoms with E-state index in [1.165, 1.54) is 11.3 Å². The Morgan fingerprint density at radius 1 is 1.37 bits per heavy atom. The van der Waals surface area contributed by atoms with E-state index in [9.17, 15) is 0 Å². The molecule has 0 aliphatic carbocycles. The van der Waals surface area contributed by atoms with Crippen LogP contribution in [0.2, 0.25) is 0 Å². The van der Waals surface area contributed by atoms with E-state index in [2.05, 4.69) is 32.5 Å². The molecule has 0 saturated heterocycles. The van der Waals surface area contributed by atoms with Crippen LogP contribution in [-0.4, -0.2) is 42.2 Å². The molecule has 0 spiro atoms. The number of likely N-dealkylation sites (N-methyl/N-ethyl adjacent to an activating group) is 1. The van der Waals surface area contributed by atoms with Gasteiger partial charge in [0.2, 0.25) is 0 Å². The minimum atomic E-state index is 0.614. The van der Waals surface area contributed by atoms with Crippen molar-refractivity contribution in [2.75, 3.05) is 32.5 Å². The van der Waals surface area contributed by atoms with Crippen molar-refractivity contribution in [2.24, 2.45) is 0 Å². The third-order valence-corrected chi connectivity index (χ3v) is 3.31. The molecule has 5 heteroatoms. The Balaban J connectivity index is 1.79. The highest BCUT2D eigenvalue weighted by molar-refractivity contribution is 5.64. The summed E-state index contributed by atoms with van der Waals surface area (Å²) in [5, 5.41) is 7.37. The summed E-state index contributed by atoms with van der Waals surface area (Å²) in [6.07, 6.45) is 1.87. The summed E-state index contributed by atoms with van der Waals surface area (Å²) in [5.74, 6) is 1.38. The topological polar surface area (TPSA) is 54.2 Å². The Hall–Kier alpha value is -1.88. The summed E-state index contributed by atoms with van der Waals surface area (Å²) in [5.41, 5.74) is 3.55. The van der Waals surface area contributed by atoms with Crippen molar-refractivity contribution in [2.45, 2.75) is 12.8 Å². The first kappa shape index (κ1) is 12.2. The Labute approximate surface area is 112 Å². The molecule has 1 aliphatic rings. The zero-order valence-electron chi connectivity index (χ0n) is 11.3. The molecule has 5 nitrogen and oxygen atoms in total. The fraction of sp³-hybridized carbons (Fsp3) is 0.429. The molecule has 0 radical (unpaired) electrons. The summed E-state index contributed by atoms with van der Waals surface area (Å²) in [7, 11) is 4.07. The highest BCUT2D eigenvalue weighted by Gasteiger charge is 2.14. The predicted molar refractivity (Wildman–Crippen MR) is 74.2 cm³/mol. The fourth-order valence-corrected chi connectivity index (χ4v) is 2.23. The lowest BCUT2D eigenvalue weighted by atomic mass is 10.1.